The molecule has 0 saturated heterocycles. The Balaban J connectivity index is 1.72. The molecule has 0 fully saturated rings. The third-order valence-corrected chi connectivity index (χ3v) is 5.11. The lowest BCUT2D eigenvalue weighted by molar-refractivity contribution is 0.0936. The van der Waals surface area contributed by atoms with Gasteiger partial charge in [-0.05, 0) is 62.1 Å². The van der Waals surface area contributed by atoms with Gasteiger partial charge in [0.2, 0.25) is 0 Å². The van der Waals surface area contributed by atoms with Crippen molar-refractivity contribution in [1.29, 1.82) is 0 Å². The van der Waals surface area contributed by atoms with Crippen LogP contribution in [0.4, 0.5) is 0 Å². The Morgan fingerprint density at radius 1 is 1.11 bits per heavy atom. The monoisotopic (exact) mass is 375 g/mol. The zero-order valence-corrected chi connectivity index (χ0v) is 16.2. The summed E-state index contributed by atoms with van der Waals surface area (Å²) in [6, 6.07) is 11.5. The SMILES string of the molecule is Cc1ccc2c(c1)[nH]c(=O)c1c(C(=O)N[C@@H](C)c3ccc(C)c(C)c3)nnn12. The van der Waals surface area contributed by atoms with Gasteiger partial charge in [-0.25, -0.2) is 4.52 Å². The summed E-state index contributed by atoms with van der Waals surface area (Å²) in [5, 5.41) is 11.0. The van der Waals surface area contributed by atoms with Crippen molar-refractivity contribution >= 4 is 22.5 Å². The number of hydrogen-bond donors (Lipinski definition) is 2. The number of rotatable bonds is 3. The Kier molecular flexibility index (Phi) is 4.22. The number of aryl methyl sites for hydroxylation is 3. The molecule has 7 nitrogen and oxygen atoms in total. The summed E-state index contributed by atoms with van der Waals surface area (Å²) in [4.78, 5) is 28.2. The molecule has 1 amide bonds. The minimum atomic E-state index is -0.433. The van der Waals surface area contributed by atoms with E-state index in [1.165, 1.54) is 10.1 Å². The van der Waals surface area contributed by atoms with Gasteiger partial charge in [0.1, 0.15) is 0 Å². The smallest absolute Gasteiger partial charge is 0.277 e. The van der Waals surface area contributed by atoms with Crippen molar-refractivity contribution in [1.82, 2.24) is 25.1 Å². The lowest BCUT2D eigenvalue weighted by Crippen LogP contribution is -2.28. The Hall–Kier alpha value is -3.48. The van der Waals surface area contributed by atoms with Crippen LogP contribution in [0.25, 0.3) is 16.6 Å². The van der Waals surface area contributed by atoms with Crippen LogP contribution in [0.15, 0.2) is 41.2 Å². The molecule has 0 radical (unpaired) electrons. The van der Waals surface area contributed by atoms with Crippen molar-refractivity contribution < 1.29 is 4.79 Å². The summed E-state index contributed by atoms with van der Waals surface area (Å²) in [5.41, 5.74) is 5.45. The van der Waals surface area contributed by atoms with E-state index in [0.717, 1.165) is 16.7 Å². The predicted octanol–water partition coefficient (Wildman–Crippen LogP) is 2.99. The van der Waals surface area contributed by atoms with Crippen molar-refractivity contribution in [3.8, 4) is 0 Å². The van der Waals surface area contributed by atoms with Crippen molar-refractivity contribution in [3.63, 3.8) is 0 Å². The predicted molar refractivity (Wildman–Crippen MR) is 108 cm³/mol. The topological polar surface area (TPSA) is 92.1 Å². The van der Waals surface area contributed by atoms with E-state index in [4.69, 9.17) is 0 Å². The molecule has 4 aromatic rings. The van der Waals surface area contributed by atoms with E-state index < -0.39 is 11.5 Å². The number of H-pyrrole nitrogens is 1. The molecule has 0 saturated carbocycles. The molecule has 2 aromatic carbocycles. The van der Waals surface area contributed by atoms with Crippen LogP contribution < -0.4 is 10.9 Å². The van der Waals surface area contributed by atoms with Gasteiger partial charge in [-0.15, -0.1) is 5.10 Å². The third-order valence-electron chi connectivity index (χ3n) is 5.11. The number of hydrogen-bond acceptors (Lipinski definition) is 4. The fraction of sp³-hybridized carbons (Fsp3) is 0.238. The number of benzene rings is 2. The van der Waals surface area contributed by atoms with Gasteiger partial charge in [-0.2, -0.15) is 0 Å². The summed E-state index contributed by atoms with van der Waals surface area (Å²) >= 11 is 0. The van der Waals surface area contributed by atoms with Crippen LogP contribution in [-0.4, -0.2) is 25.7 Å². The highest BCUT2D eigenvalue weighted by atomic mass is 16.2. The average molecular weight is 375 g/mol. The maximum atomic E-state index is 12.8. The maximum Gasteiger partial charge on any atom is 0.277 e. The van der Waals surface area contributed by atoms with E-state index >= 15 is 0 Å². The number of fused-ring (bicyclic) bond motifs is 3. The molecule has 0 unspecified atom stereocenters. The van der Waals surface area contributed by atoms with E-state index in [-0.39, 0.29) is 17.3 Å². The summed E-state index contributed by atoms with van der Waals surface area (Å²) in [7, 11) is 0. The third kappa shape index (κ3) is 2.94. The van der Waals surface area contributed by atoms with E-state index in [0.29, 0.717) is 11.0 Å². The number of amides is 1. The fourth-order valence-electron chi connectivity index (χ4n) is 3.31. The van der Waals surface area contributed by atoms with E-state index in [2.05, 4.69) is 20.6 Å². The molecule has 2 N–H and O–H groups in total. The first-order valence-electron chi connectivity index (χ1n) is 9.11. The molecule has 28 heavy (non-hydrogen) atoms. The molecule has 0 aliphatic carbocycles. The van der Waals surface area contributed by atoms with E-state index in [1.54, 1.807) is 0 Å². The largest absolute Gasteiger partial charge is 0.344 e. The maximum absolute atomic E-state index is 12.8. The first-order chi connectivity index (χ1) is 13.3. The van der Waals surface area contributed by atoms with Crippen LogP contribution in [0, 0.1) is 20.8 Å². The minimum Gasteiger partial charge on any atom is -0.344 e. The second kappa shape index (κ2) is 6.60. The summed E-state index contributed by atoms with van der Waals surface area (Å²) in [6.07, 6.45) is 0. The molecule has 2 aromatic heterocycles. The van der Waals surface area contributed by atoms with Crippen LogP contribution in [0.5, 0.6) is 0 Å². The molecular formula is C21H21N5O2. The highest BCUT2D eigenvalue weighted by Crippen LogP contribution is 2.18. The number of nitrogens with zero attached hydrogens (tertiary/aromatic N) is 3. The Bertz CT molecular complexity index is 1290. The number of aromatic amines is 1. The lowest BCUT2D eigenvalue weighted by atomic mass is 10.0. The molecule has 0 aliphatic heterocycles. The highest BCUT2D eigenvalue weighted by Gasteiger charge is 2.21. The molecule has 142 valence electrons. The quantitative estimate of drug-likeness (QED) is 0.576. The van der Waals surface area contributed by atoms with Crippen molar-refractivity contribution in [2.75, 3.05) is 0 Å². The second-order valence-corrected chi connectivity index (χ2v) is 7.21. The molecular weight excluding hydrogens is 354 g/mol. The summed E-state index contributed by atoms with van der Waals surface area (Å²) in [6.45, 7) is 7.92. The van der Waals surface area contributed by atoms with Crippen LogP contribution in [0.1, 0.15) is 45.7 Å². The van der Waals surface area contributed by atoms with Crippen LogP contribution >= 0.6 is 0 Å². The summed E-state index contributed by atoms with van der Waals surface area (Å²) in [5.74, 6) is -0.433. The molecule has 7 heteroatoms. The zero-order valence-electron chi connectivity index (χ0n) is 16.2. The van der Waals surface area contributed by atoms with Crippen LogP contribution in [0.3, 0.4) is 0 Å². The number of aromatic nitrogens is 4. The van der Waals surface area contributed by atoms with Crippen molar-refractivity contribution in [2.24, 2.45) is 0 Å². The zero-order chi connectivity index (χ0) is 20.0. The van der Waals surface area contributed by atoms with Crippen molar-refractivity contribution in [2.45, 2.75) is 33.7 Å². The van der Waals surface area contributed by atoms with Gasteiger partial charge in [0.15, 0.2) is 11.2 Å². The number of carbonyl (C=O) groups is 1. The number of carbonyl (C=O) groups excluding carboxylic acids is 1. The Morgan fingerprint density at radius 3 is 2.64 bits per heavy atom. The van der Waals surface area contributed by atoms with E-state index in [1.807, 2.05) is 64.1 Å². The Morgan fingerprint density at radius 2 is 1.89 bits per heavy atom. The van der Waals surface area contributed by atoms with Gasteiger partial charge in [0, 0.05) is 0 Å². The molecule has 4 rings (SSSR count). The fourth-order valence-corrected chi connectivity index (χ4v) is 3.31. The lowest BCUT2D eigenvalue weighted by Gasteiger charge is -2.15. The van der Waals surface area contributed by atoms with Crippen LogP contribution in [0.2, 0.25) is 0 Å². The number of nitrogens with one attached hydrogen (secondary N) is 2. The van der Waals surface area contributed by atoms with Gasteiger partial charge < -0.3 is 10.3 Å². The molecule has 1 atom stereocenters. The van der Waals surface area contributed by atoms with Crippen molar-refractivity contribution in [3.05, 3.63) is 74.7 Å². The van der Waals surface area contributed by atoms with Gasteiger partial charge in [-0.3, -0.25) is 9.59 Å². The van der Waals surface area contributed by atoms with Gasteiger partial charge >= 0.3 is 0 Å². The minimum absolute atomic E-state index is 0.0133. The first kappa shape index (κ1) is 17.9. The van der Waals surface area contributed by atoms with Gasteiger partial charge in [0.05, 0.1) is 17.1 Å². The second-order valence-electron chi connectivity index (χ2n) is 7.21. The average Bonchev–Trinajstić information content (AvgIpc) is 3.09. The standard InChI is InChI=1S/C21H21N5O2/c1-11-5-8-17-16(9-11)23-21(28)19-18(24-25-26(17)19)20(27)22-14(4)15-7-6-12(2)13(3)10-15/h5-10,14H,1-4H3,(H,22,27)(H,23,28)/t14-/m0/s1. The Labute approximate surface area is 161 Å². The summed E-state index contributed by atoms with van der Waals surface area (Å²) < 4.78 is 1.42. The van der Waals surface area contributed by atoms with Gasteiger partial charge in [0.25, 0.3) is 11.5 Å². The normalized spacial score (nSPS) is 12.4. The molecule has 2 heterocycles. The first-order valence-corrected chi connectivity index (χ1v) is 9.11. The molecule has 0 aliphatic rings. The van der Waals surface area contributed by atoms with Gasteiger partial charge in [-0.1, -0.05) is 29.5 Å². The van der Waals surface area contributed by atoms with Crippen LogP contribution in [-0.2, 0) is 0 Å². The highest BCUT2D eigenvalue weighted by molar-refractivity contribution is 5.99. The molecule has 0 spiro atoms. The van der Waals surface area contributed by atoms with E-state index in [9.17, 15) is 9.59 Å². The molecule has 0 bridgehead atoms.